The molecule has 1 aliphatic rings. The van der Waals surface area contributed by atoms with Crippen LogP contribution in [-0.4, -0.2) is 36.0 Å². The van der Waals surface area contributed by atoms with Gasteiger partial charge in [-0.3, -0.25) is 4.79 Å². The van der Waals surface area contributed by atoms with Gasteiger partial charge in [-0.25, -0.2) is 4.98 Å². The van der Waals surface area contributed by atoms with Gasteiger partial charge in [-0.15, -0.1) is 0 Å². The molecule has 1 amide bonds. The van der Waals surface area contributed by atoms with Crippen molar-refractivity contribution >= 4 is 35.1 Å². The van der Waals surface area contributed by atoms with Crippen molar-refractivity contribution in [3.8, 4) is 0 Å². The summed E-state index contributed by atoms with van der Waals surface area (Å²) in [6, 6.07) is 3.43. The van der Waals surface area contributed by atoms with E-state index < -0.39 is 0 Å². The zero-order valence-electron chi connectivity index (χ0n) is 10.9. The molecule has 0 aliphatic carbocycles. The van der Waals surface area contributed by atoms with Crippen molar-refractivity contribution in [1.82, 2.24) is 10.3 Å². The lowest BCUT2D eigenvalue weighted by Gasteiger charge is -2.21. The smallest absolute Gasteiger partial charge is 0.271 e. The Balaban J connectivity index is 1.95. The predicted molar refractivity (Wildman–Crippen MR) is 81.2 cm³/mol. The molecular formula is C13H18ClN3OS. The van der Waals surface area contributed by atoms with E-state index in [0.29, 0.717) is 29.0 Å². The topological polar surface area (TPSA) is 54.0 Å². The number of carbonyl (C=O) groups is 1. The molecule has 19 heavy (non-hydrogen) atoms. The third kappa shape index (κ3) is 4.01. The van der Waals surface area contributed by atoms with E-state index >= 15 is 0 Å². The normalized spacial score (nSPS) is 16.1. The van der Waals surface area contributed by atoms with Gasteiger partial charge in [0.25, 0.3) is 5.91 Å². The van der Waals surface area contributed by atoms with E-state index in [-0.39, 0.29) is 5.91 Å². The predicted octanol–water partition coefficient (Wildman–Crippen LogP) is 2.65. The van der Waals surface area contributed by atoms with Crippen LogP contribution in [-0.2, 0) is 0 Å². The number of pyridine rings is 1. The second-order valence-corrected chi connectivity index (χ2v) is 6.17. The van der Waals surface area contributed by atoms with Crippen molar-refractivity contribution in [3.05, 3.63) is 22.8 Å². The van der Waals surface area contributed by atoms with Crippen LogP contribution in [0, 0.1) is 5.92 Å². The Morgan fingerprint density at radius 3 is 2.89 bits per heavy atom. The molecule has 0 atom stereocenters. The first-order valence-electron chi connectivity index (χ1n) is 6.41. The van der Waals surface area contributed by atoms with Crippen molar-refractivity contribution in [2.75, 3.05) is 30.4 Å². The molecule has 0 spiro atoms. The van der Waals surface area contributed by atoms with Gasteiger partial charge < -0.3 is 10.6 Å². The highest BCUT2D eigenvalue weighted by Gasteiger charge is 2.17. The van der Waals surface area contributed by atoms with E-state index in [0.717, 1.165) is 0 Å². The highest BCUT2D eigenvalue weighted by atomic mass is 35.5. The molecule has 0 radical (unpaired) electrons. The molecule has 2 N–H and O–H groups in total. The first kappa shape index (κ1) is 14.5. The average Bonchev–Trinajstić information content (AvgIpc) is 2.46. The van der Waals surface area contributed by atoms with Gasteiger partial charge in [-0.1, -0.05) is 11.6 Å². The van der Waals surface area contributed by atoms with Gasteiger partial charge in [-0.05, 0) is 42.4 Å². The highest BCUT2D eigenvalue weighted by Crippen LogP contribution is 2.22. The molecule has 6 heteroatoms. The van der Waals surface area contributed by atoms with Gasteiger partial charge in [-0.2, -0.15) is 11.8 Å². The quantitative estimate of drug-likeness (QED) is 0.897. The number of hydrogen-bond donors (Lipinski definition) is 2. The molecule has 0 unspecified atom stereocenters. The summed E-state index contributed by atoms with van der Waals surface area (Å²) in [6.07, 6.45) is 2.34. The summed E-state index contributed by atoms with van der Waals surface area (Å²) < 4.78 is 0. The molecule has 104 valence electrons. The lowest BCUT2D eigenvalue weighted by Crippen LogP contribution is -2.31. The molecule has 1 aliphatic heterocycles. The molecule has 0 bridgehead atoms. The zero-order chi connectivity index (χ0) is 13.7. The van der Waals surface area contributed by atoms with Crippen LogP contribution < -0.4 is 10.6 Å². The van der Waals surface area contributed by atoms with Crippen LogP contribution in [0.15, 0.2) is 12.1 Å². The Hall–Kier alpha value is -0.940. The number of thioether (sulfide) groups is 1. The number of anilines is 1. The van der Waals surface area contributed by atoms with Gasteiger partial charge in [0, 0.05) is 13.6 Å². The number of halogens is 1. The van der Waals surface area contributed by atoms with Gasteiger partial charge in [0.15, 0.2) is 0 Å². The zero-order valence-corrected chi connectivity index (χ0v) is 12.5. The van der Waals surface area contributed by atoms with Crippen LogP contribution in [0.1, 0.15) is 23.3 Å². The Kier molecular flexibility index (Phi) is 5.34. The minimum Gasteiger partial charge on any atom is -0.373 e. The van der Waals surface area contributed by atoms with Gasteiger partial charge >= 0.3 is 0 Å². The van der Waals surface area contributed by atoms with Crippen LogP contribution in [0.4, 0.5) is 5.82 Å². The summed E-state index contributed by atoms with van der Waals surface area (Å²) in [5.74, 6) is 3.41. The minimum absolute atomic E-state index is 0.194. The van der Waals surface area contributed by atoms with Crippen LogP contribution in [0.3, 0.4) is 0 Å². The fraction of sp³-hybridized carbons (Fsp3) is 0.538. The minimum atomic E-state index is -0.194. The Morgan fingerprint density at radius 2 is 2.21 bits per heavy atom. The van der Waals surface area contributed by atoms with E-state index in [2.05, 4.69) is 15.6 Å². The molecule has 2 rings (SSSR count). The molecule has 1 aromatic rings. The maximum Gasteiger partial charge on any atom is 0.271 e. The highest BCUT2D eigenvalue weighted by molar-refractivity contribution is 7.99. The number of hydrogen-bond acceptors (Lipinski definition) is 4. The number of nitrogens with one attached hydrogen (secondary N) is 2. The SMILES string of the molecule is CNc1ccc(Cl)c(C(=O)NCC2CCSCC2)n1. The molecule has 1 fully saturated rings. The van der Waals surface area contributed by atoms with E-state index in [1.54, 1.807) is 19.2 Å². The van der Waals surface area contributed by atoms with Crippen molar-refractivity contribution in [2.24, 2.45) is 5.92 Å². The molecular weight excluding hydrogens is 282 g/mol. The number of rotatable bonds is 4. The molecule has 1 saturated heterocycles. The van der Waals surface area contributed by atoms with Crippen LogP contribution >= 0.6 is 23.4 Å². The first-order chi connectivity index (χ1) is 9.20. The van der Waals surface area contributed by atoms with E-state index in [1.807, 2.05) is 11.8 Å². The third-order valence-corrected chi connectivity index (χ3v) is 4.56. The molecule has 2 heterocycles. The van der Waals surface area contributed by atoms with Crippen LogP contribution in [0.2, 0.25) is 5.02 Å². The maximum atomic E-state index is 12.1. The Morgan fingerprint density at radius 1 is 1.47 bits per heavy atom. The second-order valence-electron chi connectivity index (χ2n) is 4.54. The Labute approximate surface area is 122 Å². The summed E-state index contributed by atoms with van der Waals surface area (Å²) in [5.41, 5.74) is 0.290. The van der Waals surface area contributed by atoms with Gasteiger partial charge in [0.05, 0.1) is 5.02 Å². The molecule has 1 aromatic heterocycles. The summed E-state index contributed by atoms with van der Waals surface area (Å²) in [5, 5.41) is 6.23. The largest absolute Gasteiger partial charge is 0.373 e. The fourth-order valence-electron chi connectivity index (χ4n) is 2.01. The monoisotopic (exact) mass is 299 g/mol. The average molecular weight is 300 g/mol. The Bertz CT molecular complexity index is 450. The van der Waals surface area contributed by atoms with E-state index in [1.165, 1.54) is 24.3 Å². The summed E-state index contributed by atoms with van der Waals surface area (Å²) in [6.45, 7) is 0.710. The summed E-state index contributed by atoms with van der Waals surface area (Å²) >= 11 is 8.00. The van der Waals surface area contributed by atoms with Gasteiger partial charge in [0.1, 0.15) is 11.5 Å². The fourth-order valence-corrected chi connectivity index (χ4v) is 3.41. The van der Waals surface area contributed by atoms with E-state index in [4.69, 9.17) is 11.6 Å². The van der Waals surface area contributed by atoms with Gasteiger partial charge in [0.2, 0.25) is 0 Å². The molecule has 0 saturated carbocycles. The maximum absolute atomic E-state index is 12.1. The van der Waals surface area contributed by atoms with Crippen molar-refractivity contribution < 1.29 is 4.79 Å². The first-order valence-corrected chi connectivity index (χ1v) is 7.94. The molecule has 4 nitrogen and oxygen atoms in total. The number of amides is 1. The third-order valence-electron chi connectivity index (χ3n) is 3.21. The van der Waals surface area contributed by atoms with E-state index in [9.17, 15) is 4.79 Å². The molecule has 0 aromatic carbocycles. The van der Waals surface area contributed by atoms with Crippen molar-refractivity contribution in [1.29, 1.82) is 0 Å². The number of aromatic nitrogens is 1. The van der Waals surface area contributed by atoms with Crippen LogP contribution in [0.5, 0.6) is 0 Å². The van der Waals surface area contributed by atoms with Crippen molar-refractivity contribution in [3.63, 3.8) is 0 Å². The van der Waals surface area contributed by atoms with Crippen LogP contribution in [0.25, 0.3) is 0 Å². The second kappa shape index (κ2) is 7.01. The number of carbonyl (C=O) groups excluding carboxylic acids is 1. The summed E-state index contributed by atoms with van der Waals surface area (Å²) in [7, 11) is 1.76. The number of nitrogens with zero attached hydrogens (tertiary/aromatic N) is 1. The van der Waals surface area contributed by atoms with Crippen molar-refractivity contribution in [2.45, 2.75) is 12.8 Å². The standard InChI is InChI=1S/C13H18ClN3OS/c1-15-11-3-2-10(14)12(17-11)13(18)16-8-9-4-6-19-7-5-9/h2-3,9H,4-8H2,1H3,(H,15,17)(H,16,18). The lowest BCUT2D eigenvalue weighted by molar-refractivity contribution is 0.0941. The lowest BCUT2D eigenvalue weighted by atomic mass is 10.0. The summed E-state index contributed by atoms with van der Waals surface area (Å²) in [4.78, 5) is 16.3.